The van der Waals surface area contributed by atoms with Crippen LogP contribution >= 0.6 is 11.6 Å². The molecule has 0 unspecified atom stereocenters. The quantitative estimate of drug-likeness (QED) is 0.548. The van der Waals surface area contributed by atoms with Crippen LogP contribution in [0.1, 0.15) is 13.8 Å². The summed E-state index contributed by atoms with van der Waals surface area (Å²) in [7, 11) is -3.11. The van der Waals surface area contributed by atoms with Crippen molar-refractivity contribution in [2.45, 2.75) is 13.8 Å². The topological polar surface area (TPSA) is 46.2 Å². The molecule has 0 aromatic heterocycles. The van der Waals surface area contributed by atoms with Gasteiger partial charge in [-0.15, -0.1) is 11.6 Å². The van der Waals surface area contributed by atoms with Crippen molar-refractivity contribution in [2.24, 2.45) is 5.92 Å². The average molecular weight is 226 g/mol. The molecule has 78 valence electrons. The number of nitrogens with one attached hydrogen (secondary N) is 1. The van der Waals surface area contributed by atoms with Crippen molar-refractivity contribution in [1.29, 1.82) is 0 Å². The fourth-order valence-electron chi connectivity index (χ4n) is 0.819. The molecule has 0 bridgehead atoms. The van der Waals surface area contributed by atoms with Gasteiger partial charge in [-0.05, 0) is 5.92 Å². The molecule has 13 heavy (non-hydrogen) atoms. The molecule has 0 radical (unpaired) electrons. The van der Waals surface area contributed by atoms with Gasteiger partial charge in [-0.3, -0.25) is 0 Å². The second kappa shape index (κ2) is 6.40. The summed E-state index contributed by atoms with van der Waals surface area (Å²) < 4.78 is 24.9. The van der Waals surface area contributed by atoms with Gasteiger partial charge < -0.3 is 0 Å². The van der Waals surface area contributed by atoms with Gasteiger partial charge in [-0.25, -0.2) is 13.1 Å². The predicted octanol–water partition coefficient (Wildman–Crippen LogP) is 1.36. The highest BCUT2D eigenvalue weighted by atomic mass is 35.5. The van der Waals surface area contributed by atoms with E-state index in [0.717, 1.165) is 0 Å². The molecule has 5 heteroatoms. The van der Waals surface area contributed by atoms with E-state index in [1.807, 2.05) is 13.8 Å². The number of rotatable bonds is 6. The summed E-state index contributed by atoms with van der Waals surface area (Å²) in [6, 6.07) is 0. The first-order valence-electron chi connectivity index (χ1n) is 4.16. The van der Waals surface area contributed by atoms with Gasteiger partial charge in [0.05, 0.1) is 5.75 Å². The van der Waals surface area contributed by atoms with E-state index < -0.39 is 10.0 Å². The zero-order valence-electron chi connectivity index (χ0n) is 7.96. The van der Waals surface area contributed by atoms with Gasteiger partial charge in [0.1, 0.15) is 0 Å². The Kier molecular flexibility index (Phi) is 6.37. The highest BCUT2D eigenvalue weighted by Crippen LogP contribution is 1.96. The molecule has 0 saturated heterocycles. The van der Waals surface area contributed by atoms with Crippen LogP contribution < -0.4 is 4.72 Å². The zero-order valence-corrected chi connectivity index (χ0v) is 9.53. The summed E-state index contributed by atoms with van der Waals surface area (Å²) >= 11 is 5.37. The molecule has 0 amide bonds. The summed E-state index contributed by atoms with van der Waals surface area (Å²) in [4.78, 5) is 0. The van der Waals surface area contributed by atoms with E-state index >= 15 is 0 Å². The third kappa shape index (κ3) is 8.28. The van der Waals surface area contributed by atoms with E-state index in [2.05, 4.69) is 4.72 Å². The second-order valence-electron chi connectivity index (χ2n) is 3.15. The smallest absolute Gasteiger partial charge is 0.212 e. The molecule has 0 fully saturated rings. The summed E-state index contributed by atoms with van der Waals surface area (Å²) in [5, 5.41) is 0. The predicted molar refractivity (Wildman–Crippen MR) is 56.5 cm³/mol. The summed E-state index contributed by atoms with van der Waals surface area (Å²) in [6.07, 6.45) is 3.41. The Morgan fingerprint density at radius 1 is 1.38 bits per heavy atom. The van der Waals surface area contributed by atoms with Crippen LogP contribution in [0.15, 0.2) is 12.2 Å². The molecular weight excluding hydrogens is 210 g/mol. The van der Waals surface area contributed by atoms with Crippen LogP contribution in [0.25, 0.3) is 0 Å². The summed E-state index contributed by atoms with van der Waals surface area (Å²) in [5.41, 5.74) is 0. The van der Waals surface area contributed by atoms with E-state index in [-0.39, 0.29) is 11.7 Å². The van der Waals surface area contributed by atoms with Crippen LogP contribution in [-0.2, 0) is 10.0 Å². The normalized spacial score (nSPS) is 12.9. The molecule has 0 spiro atoms. The van der Waals surface area contributed by atoms with Crippen LogP contribution in [-0.4, -0.2) is 26.6 Å². The standard InChI is InChI=1S/C8H16ClNO2S/c1-8(2)7-13(11,12)10-6-4-3-5-9/h3-4,8,10H,5-7H2,1-2H3/b4-3+. The van der Waals surface area contributed by atoms with Gasteiger partial charge in [0.25, 0.3) is 0 Å². The molecule has 0 aliphatic carbocycles. The first-order valence-corrected chi connectivity index (χ1v) is 6.35. The molecule has 0 saturated carbocycles. The van der Waals surface area contributed by atoms with E-state index in [1.54, 1.807) is 12.2 Å². The Morgan fingerprint density at radius 3 is 2.46 bits per heavy atom. The fraction of sp³-hybridized carbons (Fsp3) is 0.750. The monoisotopic (exact) mass is 225 g/mol. The van der Waals surface area contributed by atoms with Gasteiger partial charge >= 0.3 is 0 Å². The van der Waals surface area contributed by atoms with Crippen molar-refractivity contribution in [2.75, 3.05) is 18.2 Å². The molecule has 0 aliphatic heterocycles. The van der Waals surface area contributed by atoms with Crippen LogP contribution in [0.3, 0.4) is 0 Å². The third-order valence-electron chi connectivity index (χ3n) is 1.23. The molecular formula is C8H16ClNO2S. The lowest BCUT2D eigenvalue weighted by Gasteiger charge is -2.06. The maximum Gasteiger partial charge on any atom is 0.212 e. The molecule has 0 aliphatic rings. The third-order valence-corrected chi connectivity index (χ3v) is 3.12. The Balaban J connectivity index is 3.84. The fourth-order valence-corrected chi connectivity index (χ4v) is 2.29. The minimum absolute atomic E-state index is 0.148. The summed E-state index contributed by atoms with van der Waals surface area (Å²) in [5.74, 6) is 0.725. The van der Waals surface area contributed by atoms with Crippen molar-refractivity contribution >= 4 is 21.6 Å². The number of hydrogen-bond acceptors (Lipinski definition) is 2. The average Bonchev–Trinajstić information content (AvgIpc) is 1.95. The van der Waals surface area contributed by atoms with Crippen LogP contribution in [0, 0.1) is 5.92 Å². The molecule has 0 aromatic carbocycles. The van der Waals surface area contributed by atoms with Gasteiger partial charge in [0.2, 0.25) is 10.0 Å². The lowest BCUT2D eigenvalue weighted by molar-refractivity contribution is 0.572. The van der Waals surface area contributed by atoms with Crippen molar-refractivity contribution in [3.05, 3.63) is 12.2 Å². The van der Waals surface area contributed by atoms with Gasteiger partial charge in [-0.2, -0.15) is 0 Å². The minimum Gasteiger partial charge on any atom is -0.212 e. The highest BCUT2D eigenvalue weighted by Gasteiger charge is 2.10. The lowest BCUT2D eigenvalue weighted by atomic mass is 10.3. The number of allylic oxidation sites excluding steroid dienone is 1. The molecule has 1 N–H and O–H groups in total. The number of alkyl halides is 1. The maximum atomic E-state index is 11.2. The van der Waals surface area contributed by atoms with Crippen LogP contribution in [0.2, 0.25) is 0 Å². The molecule has 3 nitrogen and oxygen atoms in total. The maximum absolute atomic E-state index is 11.2. The Bertz CT molecular complexity index is 247. The van der Waals surface area contributed by atoms with E-state index in [9.17, 15) is 8.42 Å². The van der Waals surface area contributed by atoms with Crippen LogP contribution in [0.4, 0.5) is 0 Å². The Labute approximate surface area is 85.2 Å². The first kappa shape index (κ1) is 12.9. The highest BCUT2D eigenvalue weighted by molar-refractivity contribution is 7.89. The van der Waals surface area contributed by atoms with E-state index in [0.29, 0.717) is 12.4 Å². The second-order valence-corrected chi connectivity index (χ2v) is 5.31. The zero-order chi connectivity index (χ0) is 10.3. The van der Waals surface area contributed by atoms with Crippen LogP contribution in [0.5, 0.6) is 0 Å². The van der Waals surface area contributed by atoms with Crippen molar-refractivity contribution in [3.63, 3.8) is 0 Å². The van der Waals surface area contributed by atoms with Crippen molar-refractivity contribution in [3.8, 4) is 0 Å². The number of halogens is 1. The molecule has 0 atom stereocenters. The van der Waals surface area contributed by atoms with Crippen molar-refractivity contribution < 1.29 is 8.42 Å². The molecule has 0 aromatic rings. The van der Waals surface area contributed by atoms with Gasteiger partial charge in [-0.1, -0.05) is 26.0 Å². The lowest BCUT2D eigenvalue weighted by Crippen LogP contribution is -2.28. The van der Waals surface area contributed by atoms with E-state index in [4.69, 9.17) is 11.6 Å². The Morgan fingerprint density at radius 2 is 2.00 bits per heavy atom. The van der Waals surface area contributed by atoms with Crippen molar-refractivity contribution in [1.82, 2.24) is 4.72 Å². The minimum atomic E-state index is -3.11. The van der Waals surface area contributed by atoms with E-state index in [1.165, 1.54) is 0 Å². The molecule has 0 rings (SSSR count). The largest absolute Gasteiger partial charge is 0.212 e. The van der Waals surface area contributed by atoms with Gasteiger partial charge in [0, 0.05) is 12.4 Å². The number of hydrogen-bond donors (Lipinski definition) is 1. The molecule has 0 heterocycles. The SMILES string of the molecule is CC(C)CS(=O)(=O)NC/C=C/CCl. The summed E-state index contributed by atoms with van der Waals surface area (Å²) in [6.45, 7) is 4.06. The Hall–Kier alpha value is -0.0600. The van der Waals surface area contributed by atoms with Gasteiger partial charge in [0.15, 0.2) is 0 Å². The first-order chi connectivity index (χ1) is 5.98. The number of sulfonamides is 1.